The molecule has 0 aromatic carbocycles. The molecule has 17 heteroatoms. The van der Waals surface area contributed by atoms with E-state index in [9.17, 15) is 0 Å². The smallest absolute Gasteiger partial charge is 0.257 e. The summed E-state index contributed by atoms with van der Waals surface area (Å²) in [6, 6.07) is 0. The molecule has 0 atom stereocenters. The zero-order chi connectivity index (χ0) is 20.1. The minimum atomic E-state index is -0.241. The summed E-state index contributed by atoms with van der Waals surface area (Å²) in [5.41, 5.74) is 14.7. The SMILES string of the molecule is [NH]c1ncnc([N]c2ncnc([N]c3ncnc([N]c4ncnc([NH])n4)n3)n2)n1. The standard InChI is InChI=1S/C12H6N17/c13-5-15-1-17-7(23-5)25-9-19-3-21-11(27-9)29-12-22-4-20-10(28-12)26-8-18-2-16-6(14)24-8/h1-4,13-14H. The third-order valence-electron chi connectivity index (χ3n) is 2.81. The maximum atomic E-state index is 7.36. The third kappa shape index (κ3) is 4.61. The lowest BCUT2D eigenvalue weighted by atomic mass is 10.7. The Morgan fingerprint density at radius 1 is 0.414 bits per heavy atom. The molecule has 17 nitrogen and oxygen atoms in total. The van der Waals surface area contributed by atoms with Gasteiger partial charge in [-0.25, -0.2) is 0 Å². The van der Waals surface area contributed by atoms with Crippen molar-refractivity contribution in [3.8, 4) is 0 Å². The Bertz CT molecular complexity index is 1040. The van der Waals surface area contributed by atoms with Crippen LogP contribution in [0.25, 0.3) is 0 Å². The average molecular weight is 388 g/mol. The summed E-state index contributed by atoms with van der Waals surface area (Å²) in [7, 11) is 0. The minimum absolute atomic E-state index is 0.0310. The Kier molecular flexibility index (Phi) is 4.65. The van der Waals surface area contributed by atoms with Gasteiger partial charge in [-0.3, -0.25) is 11.5 Å². The molecule has 4 heterocycles. The van der Waals surface area contributed by atoms with Gasteiger partial charge in [-0.15, -0.1) is 0 Å². The monoisotopic (exact) mass is 388 g/mol. The minimum Gasteiger partial charge on any atom is -0.265 e. The van der Waals surface area contributed by atoms with Gasteiger partial charge in [-0.1, -0.05) is 0 Å². The van der Waals surface area contributed by atoms with Crippen LogP contribution in [0.1, 0.15) is 0 Å². The number of rotatable bonds is 6. The van der Waals surface area contributed by atoms with Crippen molar-refractivity contribution in [3.05, 3.63) is 25.3 Å². The molecule has 29 heavy (non-hydrogen) atoms. The number of hydrogen-bond donors (Lipinski definition) is 0. The van der Waals surface area contributed by atoms with Crippen LogP contribution in [0.4, 0.5) is 47.6 Å². The normalized spacial score (nSPS) is 10.3. The van der Waals surface area contributed by atoms with E-state index in [1.54, 1.807) is 0 Å². The number of nitrogens with one attached hydrogen (secondary N) is 2. The molecule has 0 spiro atoms. The first-order chi connectivity index (χ1) is 14.1. The molecule has 5 radical (unpaired) electrons. The molecule has 139 valence electrons. The van der Waals surface area contributed by atoms with Crippen LogP contribution in [0.5, 0.6) is 0 Å². The van der Waals surface area contributed by atoms with E-state index in [0.29, 0.717) is 0 Å². The summed E-state index contributed by atoms with van der Waals surface area (Å²) in [6.45, 7) is 0. The Labute approximate surface area is 161 Å². The molecule has 4 aromatic heterocycles. The van der Waals surface area contributed by atoms with Crippen LogP contribution >= 0.6 is 0 Å². The summed E-state index contributed by atoms with van der Waals surface area (Å²) < 4.78 is 0. The van der Waals surface area contributed by atoms with Gasteiger partial charge >= 0.3 is 0 Å². The van der Waals surface area contributed by atoms with E-state index in [0.717, 1.165) is 12.7 Å². The molecule has 0 unspecified atom stereocenters. The average Bonchev–Trinajstić information content (AvgIpc) is 2.69. The van der Waals surface area contributed by atoms with E-state index in [4.69, 9.17) is 11.5 Å². The summed E-state index contributed by atoms with van der Waals surface area (Å²) in [4.78, 5) is 45.7. The Morgan fingerprint density at radius 2 is 0.690 bits per heavy atom. The van der Waals surface area contributed by atoms with Crippen molar-refractivity contribution in [2.45, 2.75) is 0 Å². The molecule has 0 bridgehead atoms. The second-order valence-corrected chi connectivity index (χ2v) is 4.72. The van der Waals surface area contributed by atoms with Crippen LogP contribution in [-0.4, -0.2) is 59.8 Å². The fourth-order valence-corrected chi connectivity index (χ4v) is 1.73. The van der Waals surface area contributed by atoms with Gasteiger partial charge in [0.1, 0.15) is 25.3 Å². The number of aromatic nitrogens is 12. The van der Waals surface area contributed by atoms with E-state index in [1.165, 1.54) is 12.7 Å². The van der Waals surface area contributed by atoms with Crippen LogP contribution in [-0.2, 0) is 0 Å². The van der Waals surface area contributed by atoms with Crippen molar-refractivity contribution in [3.63, 3.8) is 0 Å². The number of hydrogen-bond acceptors (Lipinski definition) is 12. The predicted octanol–water partition coefficient (Wildman–Crippen LogP) is -1.04. The molecule has 0 aliphatic heterocycles. The van der Waals surface area contributed by atoms with E-state index in [2.05, 4.69) is 75.8 Å². The lowest BCUT2D eigenvalue weighted by molar-refractivity contribution is 0.840. The zero-order valence-corrected chi connectivity index (χ0v) is 14.0. The lowest BCUT2D eigenvalue weighted by Crippen LogP contribution is -2.07. The van der Waals surface area contributed by atoms with Gasteiger partial charge in [0.2, 0.25) is 11.9 Å². The summed E-state index contributed by atoms with van der Waals surface area (Å²) in [6.07, 6.45) is 4.65. The summed E-state index contributed by atoms with van der Waals surface area (Å²) in [5, 5.41) is 12.0. The van der Waals surface area contributed by atoms with Crippen molar-refractivity contribution in [1.82, 2.24) is 87.2 Å². The third-order valence-corrected chi connectivity index (χ3v) is 2.81. The zero-order valence-electron chi connectivity index (χ0n) is 14.0. The van der Waals surface area contributed by atoms with Crippen LogP contribution < -0.4 is 27.4 Å². The van der Waals surface area contributed by atoms with Crippen molar-refractivity contribution in [1.29, 1.82) is 0 Å². The van der Waals surface area contributed by atoms with Crippen LogP contribution in [0, 0.1) is 0 Å². The molecule has 0 fully saturated rings. The first-order valence-corrected chi connectivity index (χ1v) is 7.48. The fraction of sp³-hybridized carbons (Fsp3) is 0. The van der Waals surface area contributed by atoms with Gasteiger partial charge in [0, 0.05) is 0 Å². The van der Waals surface area contributed by atoms with Crippen LogP contribution in [0.2, 0.25) is 0 Å². The molecule has 2 N–H and O–H groups in total. The molecule has 0 amide bonds. The molecule has 4 rings (SSSR count). The predicted molar refractivity (Wildman–Crippen MR) is 89.2 cm³/mol. The fourth-order valence-electron chi connectivity index (χ4n) is 1.73. The molecule has 0 saturated carbocycles. The Balaban J connectivity index is 1.48. The highest BCUT2D eigenvalue weighted by Gasteiger charge is 2.11. The van der Waals surface area contributed by atoms with Crippen molar-refractivity contribution in [2.24, 2.45) is 0 Å². The summed E-state index contributed by atoms with van der Waals surface area (Å²) in [5.74, 6) is -0.684. The van der Waals surface area contributed by atoms with Gasteiger partial charge in [-0.05, 0) is 0 Å². The highest BCUT2D eigenvalue weighted by molar-refractivity contribution is 5.37. The highest BCUT2D eigenvalue weighted by atomic mass is 15.3. The van der Waals surface area contributed by atoms with Gasteiger partial charge in [-0.2, -0.15) is 75.8 Å². The molecule has 0 aliphatic rings. The molecule has 0 aliphatic carbocycles. The second-order valence-electron chi connectivity index (χ2n) is 4.72. The molecular weight excluding hydrogens is 382 g/mol. The molecule has 4 aromatic rings. The van der Waals surface area contributed by atoms with Gasteiger partial charge < -0.3 is 0 Å². The van der Waals surface area contributed by atoms with E-state index in [-0.39, 0.29) is 47.6 Å². The molecule has 0 saturated heterocycles. The largest absolute Gasteiger partial charge is 0.265 e. The van der Waals surface area contributed by atoms with Gasteiger partial charge in [0.05, 0.1) is 0 Å². The first-order valence-electron chi connectivity index (χ1n) is 7.48. The maximum Gasteiger partial charge on any atom is 0.257 e. The lowest BCUT2D eigenvalue weighted by Gasteiger charge is -2.03. The van der Waals surface area contributed by atoms with E-state index < -0.39 is 0 Å². The maximum absolute atomic E-state index is 7.36. The van der Waals surface area contributed by atoms with Crippen LogP contribution in [0.15, 0.2) is 25.3 Å². The van der Waals surface area contributed by atoms with Crippen molar-refractivity contribution < 1.29 is 0 Å². The topological polar surface area (TPSA) is 245 Å². The van der Waals surface area contributed by atoms with E-state index >= 15 is 0 Å². The Hall–Kier alpha value is -4.96. The Morgan fingerprint density at radius 3 is 1.00 bits per heavy atom. The quantitative estimate of drug-likeness (QED) is 0.384. The summed E-state index contributed by atoms with van der Waals surface area (Å²) >= 11 is 0. The van der Waals surface area contributed by atoms with Crippen molar-refractivity contribution >= 4 is 47.6 Å². The first kappa shape index (κ1) is 17.5. The highest BCUT2D eigenvalue weighted by Crippen LogP contribution is 2.13. The second kappa shape index (κ2) is 7.73. The van der Waals surface area contributed by atoms with E-state index in [1.807, 2.05) is 0 Å². The van der Waals surface area contributed by atoms with Gasteiger partial charge in [0.25, 0.3) is 35.7 Å². The van der Waals surface area contributed by atoms with Crippen LogP contribution in [0.3, 0.4) is 0 Å². The molecular formula is C12H6N17. The van der Waals surface area contributed by atoms with Crippen molar-refractivity contribution in [2.75, 3.05) is 0 Å². The number of nitrogens with zero attached hydrogens (tertiary/aromatic N) is 15. The van der Waals surface area contributed by atoms with Gasteiger partial charge in [0.15, 0.2) is 0 Å².